The minimum atomic E-state index is -0.956. The number of carbonyl (C=O) groups excluding carboxylic acids is 1. The minimum absolute atomic E-state index is 0.0848. The van der Waals surface area contributed by atoms with E-state index in [4.69, 9.17) is 32.7 Å². The van der Waals surface area contributed by atoms with Crippen LogP contribution >= 0.6 is 23.2 Å². The predicted octanol–water partition coefficient (Wildman–Crippen LogP) is 4.32. The van der Waals surface area contributed by atoms with Crippen molar-refractivity contribution in [3.8, 4) is 11.5 Å². The van der Waals surface area contributed by atoms with Crippen LogP contribution in [0.4, 0.5) is 11.4 Å². The Balaban J connectivity index is 2.15. The van der Waals surface area contributed by atoms with Crippen LogP contribution in [0.2, 0.25) is 10.0 Å². The first-order valence-electron chi connectivity index (χ1n) is 7.07. The second-order valence-electron chi connectivity index (χ2n) is 4.97. The van der Waals surface area contributed by atoms with Crippen LogP contribution < -0.4 is 14.8 Å². The molecule has 2 rings (SSSR count). The average Bonchev–Trinajstić information content (AvgIpc) is 2.57. The van der Waals surface area contributed by atoms with E-state index in [1.165, 1.54) is 38.3 Å². The lowest BCUT2D eigenvalue weighted by atomic mass is 10.2. The van der Waals surface area contributed by atoms with Crippen LogP contribution in [0.1, 0.15) is 6.92 Å². The normalized spacial score (nSPS) is 11.5. The molecule has 9 heteroatoms. The number of ether oxygens (including phenoxy) is 2. The number of carbonyl (C=O) groups is 1. The number of halogens is 2. The summed E-state index contributed by atoms with van der Waals surface area (Å²) in [5.74, 6) is -0.130. The third kappa shape index (κ3) is 4.74. The highest BCUT2D eigenvalue weighted by molar-refractivity contribution is 6.36. The van der Waals surface area contributed by atoms with E-state index in [0.717, 1.165) is 0 Å². The van der Waals surface area contributed by atoms with E-state index >= 15 is 0 Å². The molecule has 0 radical (unpaired) electrons. The third-order valence-corrected chi connectivity index (χ3v) is 3.77. The van der Waals surface area contributed by atoms with E-state index in [0.29, 0.717) is 10.7 Å². The van der Waals surface area contributed by atoms with Gasteiger partial charge in [0.15, 0.2) is 17.6 Å². The summed E-state index contributed by atoms with van der Waals surface area (Å²) in [6.45, 7) is 1.50. The van der Waals surface area contributed by atoms with Crippen LogP contribution in [0.15, 0.2) is 36.4 Å². The molecule has 0 saturated carbocycles. The van der Waals surface area contributed by atoms with Crippen LogP contribution in [0.25, 0.3) is 0 Å². The first kappa shape index (κ1) is 18.8. The van der Waals surface area contributed by atoms with Gasteiger partial charge in [0.1, 0.15) is 0 Å². The Morgan fingerprint density at radius 2 is 1.92 bits per heavy atom. The molecule has 7 nitrogen and oxygen atoms in total. The number of nitrogens with one attached hydrogen (secondary N) is 1. The first-order chi connectivity index (χ1) is 11.8. The summed E-state index contributed by atoms with van der Waals surface area (Å²) in [4.78, 5) is 22.6. The van der Waals surface area contributed by atoms with Crippen molar-refractivity contribution in [1.82, 2.24) is 0 Å². The number of hydrogen-bond donors (Lipinski definition) is 1. The van der Waals surface area contributed by atoms with E-state index in [1.54, 1.807) is 12.1 Å². The van der Waals surface area contributed by atoms with Crippen LogP contribution in [0.3, 0.4) is 0 Å². The Hall–Kier alpha value is -2.51. The topological polar surface area (TPSA) is 90.7 Å². The number of benzene rings is 2. The molecule has 0 bridgehead atoms. The Kier molecular flexibility index (Phi) is 6.06. The van der Waals surface area contributed by atoms with Crippen LogP contribution in [-0.2, 0) is 4.79 Å². The van der Waals surface area contributed by atoms with Gasteiger partial charge in [0, 0.05) is 11.1 Å². The van der Waals surface area contributed by atoms with E-state index in [9.17, 15) is 14.9 Å². The average molecular weight is 385 g/mol. The molecule has 2 aromatic carbocycles. The molecule has 0 spiro atoms. The van der Waals surface area contributed by atoms with E-state index in [1.807, 2.05) is 0 Å². The molecule has 1 amide bonds. The number of amides is 1. The minimum Gasteiger partial charge on any atom is -0.493 e. The third-order valence-electron chi connectivity index (χ3n) is 3.22. The van der Waals surface area contributed by atoms with Gasteiger partial charge < -0.3 is 14.8 Å². The van der Waals surface area contributed by atoms with Crippen molar-refractivity contribution in [2.45, 2.75) is 13.0 Å². The summed E-state index contributed by atoms with van der Waals surface area (Å²) in [5, 5.41) is 14.2. The van der Waals surface area contributed by atoms with E-state index in [2.05, 4.69) is 5.32 Å². The molecule has 25 heavy (non-hydrogen) atoms. The predicted molar refractivity (Wildman–Crippen MR) is 94.8 cm³/mol. The summed E-state index contributed by atoms with van der Waals surface area (Å²) >= 11 is 11.8. The molecule has 2 aromatic rings. The zero-order valence-electron chi connectivity index (χ0n) is 13.3. The number of hydrogen-bond acceptors (Lipinski definition) is 5. The smallest absolute Gasteiger partial charge is 0.273 e. The fraction of sp³-hybridized carbons (Fsp3) is 0.188. The van der Waals surface area contributed by atoms with Crippen molar-refractivity contribution < 1.29 is 19.2 Å². The molecule has 0 aliphatic heterocycles. The van der Waals surface area contributed by atoms with Gasteiger partial charge in [-0.25, -0.2) is 0 Å². The molecule has 0 aliphatic rings. The monoisotopic (exact) mass is 384 g/mol. The molecule has 0 fully saturated rings. The number of rotatable bonds is 6. The second kappa shape index (κ2) is 8.04. The standard InChI is InChI=1S/C16H14Cl2N2O5/c1-9(16(21)19-13-5-3-10(17)7-12(13)18)25-15-8-11(20(22)23)4-6-14(15)24-2/h3-9H,1-2H3,(H,19,21)/t9-/m1/s1. The van der Waals surface area contributed by atoms with Crippen molar-refractivity contribution in [3.63, 3.8) is 0 Å². The molecule has 1 N–H and O–H groups in total. The Morgan fingerprint density at radius 1 is 1.20 bits per heavy atom. The summed E-state index contributed by atoms with van der Waals surface area (Å²) in [6, 6.07) is 8.51. The highest BCUT2D eigenvalue weighted by atomic mass is 35.5. The molecule has 0 heterocycles. The van der Waals surface area contributed by atoms with Gasteiger partial charge in [-0.05, 0) is 31.2 Å². The van der Waals surface area contributed by atoms with Crippen LogP contribution in [0, 0.1) is 10.1 Å². The number of methoxy groups -OCH3 is 1. The highest BCUT2D eigenvalue weighted by Gasteiger charge is 2.20. The number of nitro groups is 1. The van der Waals surface area contributed by atoms with Gasteiger partial charge in [0.25, 0.3) is 11.6 Å². The Bertz CT molecular complexity index is 813. The highest BCUT2D eigenvalue weighted by Crippen LogP contribution is 2.32. The second-order valence-corrected chi connectivity index (χ2v) is 5.81. The van der Waals surface area contributed by atoms with Gasteiger partial charge in [-0.15, -0.1) is 0 Å². The van der Waals surface area contributed by atoms with Crippen LogP contribution in [-0.4, -0.2) is 24.0 Å². The van der Waals surface area contributed by atoms with Gasteiger partial charge in [-0.1, -0.05) is 23.2 Å². The maximum Gasteiger partial charge on any atom is 0.273 e. The van der Waals surface area contributed by atoms with E-state index < -0.39 is 16.9 Å². The molecule has 132 valence electrons. The summed E-state index contributed by atoms with van der Waals surface area (Å²) < 4.78 is 10.6. The fourth-order valence-electron chi connectivity index (χ4n) is 1.94. The lowest BCUT2D eigenvalue weighted by Crippen LogP contribution is -2.30. The zero-order valence-corrected chi connectivity index (χ0v) is 14.8. The van der Waals surface area contributed by atoms with Crippen molar-refractivity contribution in [1.29, 1.82) is 0 Å². The first-order valence-corrected chi connectivity index (χ1v) is 7.82. The number of nitro benzene ring substituents is 1. The molecular formula is C16H14Cl2N2O5. The number of non-ortho nitro benzene ring substituents is 1. The largest absolute Gasteiger partial charge is 0.493 e. The van der Waals surface area contributed by atoms with Gasteiger partial charge >= 0.3 is 0 Å². The maximum atomic E-state index is 12.3. The maximum absolute atomic E-state index is 12.3. The molecule has 0 aromatic heterocycles. The Morgan fingerprint density at radius 3 is 2.52 bits per heavy atom. The van der Waals surface area contributed by atoms with Crippen molar-refractivity contribution in [3.05, 3.63) is 56.6 Å². The zero-order chi connectivity index (χ0) is 18.6. The van der Waals surface area contributed by atoms with Gasteiger partial charge in [0.05, 0.1) is 28.8 Å². The summed E-state index contributed by atoms with van der Waals surface area (Å²) in [6.07, 6.45) is -0.956. The molecule has 0 saturated heterocycles. The van der Waals surface area contributed by atoms with Gasteiger partial charge in [-0.2, -0.15) is 0 Å². The van der Waals surface area contributed by atoms with Crippen molar-refractivity contribution in [2.75, 3.05) is 12.4 Å². The number of nitrogens with zero attached hydrogens (tertiary/aromatic N) is 1. The molecule has 1 atom stereocenters. The SMILES string of the molecule is COc1ccc([N+](=O)[O-])cc1O[C@H](C)C(=O)Nc1ccc(Cl)cc1Cl. The quantitative estimate of drug-likeness (QED) is 0.591. The summed E-state index contributed by atoms with van der Waals surface area (Å²) in [7, 11) is 1.40. The van der Waals surface area contributed by atoms with E-state index in [-0.39, 0.29) is 22.2 Å². The lowest BCUT2D eigenvalue weighted by Gasteiger charge is -2.17. The summed E-state index contributed by atoms with van der Waals surface area (Å²) in [5.41, 5.74) is 0.196. The lowest BCUT2D eigenvalue weighted by molar-refractivity contribution is -0.385. The molecule has 0 unspecified atom stereocenters. The Labute approximate surface area is 153 Å². The van der Waals surface area contributed by atoms with Crippen molar-refractivity contribution >= 4 is 40.5 Å². The van der Waals surface area contributed by atoms with Crippen LogP contribution in [0.5, 0.6) is 11.5 Å². The molecule has 0 aliphatic carbocycles. The van der Waals surface area contributed by atoms with Gasteiger partial charge in [0.2, 0.25) is 0 Å². The number of anilines is 1. The van der Waals surface area contributed by atoms with Crippen molar-refractivity contribution in [2.24, 2.45) is 0 Å². The fourth-order valence-corrected chi connectivity index (χ4v) is 2.40. The molecular weight excluding hydrogens is 371 g/mol. The van der Waals surface area contributed by atoms with Gasteiger partial charge in [-0.3, -0.25) is 14.9 Å².